The first kappa shape index (κ1) is 10.3. The lowest BCUT2D eigenvalue weighted by molar-refractivity contribution is 0.0686. The third-order valence-electron chi connectivity index (χ3n) is 3.37. The molecule has 2 rings (SSSR count). The molecule has 0 bridgehead atoms. The number of carboxylic acid groups (broad SMARTS) is 1. The Morgan fingerprint density at radius 2 is 2.20 bits per heavy atom. The highest BCUT2D eigenvalue weighted by atomic mass is 16.4. The van der Waals surface area contributed by atoms with Gasteiger partial charge in [-0.15, -0.1) is 0 Å². The summed E-state index contributed by atoms with van der Waals surface area (Å²) >= 11 is 0. The van der Waals surface area contributed by atoms with Crippen molar-refractivity contribution in [3.8, 4) is 0 Å². The van der Waals surface area contributed by atoms with Gasteiger partial charge in [-0.25, -0.2) is 4.79 Å². The van der Waals surface area contributed by atoms with Crippen molar-refractivity contribution in [2.24, 2.45) is 12.5 Å². The second kappa shape index (κ2) is 3.12. The first-order valence-corrected chi connectivity index (χ1v) is 5.31. The van der Waals surface area contributed by atoms with Crippen molar-refractivity contribution in [1.29, 1.82) is 0 Å². The fraction of sp³-hybridized carbons (Fsp3) is 0.583. The van der Waals surface area contributed by atoms with Crippen LogP contribution in [0.15, 0.2) is 6.07 Å². The van der Waals surface area contributed by atoms with E-state index in [4.69, 9.17) is 5.11 Å². The summed E-state index contributed by atoms with van der Waals surface area (Å²) < 4.78 is 1.83. The molecule has 0 unspecified atom stereocenters. The van der Waals surface area contributed by atoms with E-state index in [-0.39, 0.29) is 0 Å². The Bertz CT molecular complexity index is 416. The van der Waals surface area contributed by atoms with Crippen molar-refractivity contribution in [2.45, 2.75) is 33.1 Å². The number of carbonyl (C=O) groups is 1. The minimum absolute atomic E-state index is 0.310. The van der Waals surface area contributed by atoms with Crippen LogP contribution in [-0.4, -0.2) is 15.6 Å². The third-order valence-corrected chi connectivity index (χ3v) is 3.37. The second-order valence-electron chi connectivity index (χ2n) is 5.21. The summed E-state index contributed by atoms with van der Waals surface area (Å²) in [6.45, 7) is 4.48. The van der Waals surface area contributed by atoms with Crippen LogP contribution >= 0.6 is 0 Å². The van der Waals surface area contributed by atoms with Gasteiger partial charge in [-0.1, -0.05) is 13.8 Å². The molecule has 1 aliphatic rings. The van der Waals surface area contributed by atoms with Gasteiger partial charge in [0.1, 0.15) is 5.69 Å². The van der Waals surface area contributed by atoms with Gasteiger partial charge in [0.25, 0.3) is 0 Å². The van der Waals surface area contributed by atoms with Crippen LogP contribution in [0.3, 0.4) is 0 Å². The van der Waals surface area contributed by atoms with E-state index in [0.717, 1.165) is 19.3 Å². The number of hydrogen-bond acceptors (Lipinski definition) is 1. The number of aromatic carboxylic acids is 1. The molecule has 0 amide bonds. The molecule has 15 heavy (non-hydrogen) atoms. The van der Waals surface area contributed by atoms with E-state index < -0.39 is 5.97 Å². The Hall–Kier alpha value is -1.25. The molecule has 0 aliphatic heterocycles. The van der Waals surface area contributed by atoms with Gasteiger partial charge in [0.2, 0.25) is 0 Å². The highest BCUT2D eigenvalue weighted by molar-refractivity contribution is 5.86. The molecule has 0 atom stereocenters. The summed E-state index contributed by atoms with van der Waals surface area (Å²) in [7, 11) is 1.85. The van der Waals surface area contributed by atoms with Crippen molar-refractivity contribution >= 4 is 5.97 Å². The van der Waals surface area contributed by atoms with Crippen molar-refractivity contribution in [3.05, 3.63) is 23.0 Å². The number of fused-ring (bicyclic) bond motifs is 1. The van der Waals surface area contributed by atoms with Crippen LogP contribution in [0.1, 0.15) is 42.0 Å². The van der Waals surface area contributed by atoms with Gasteiger partial charge in [0.05, 0.1) is 0 Å². The monoisotopic (exact) mass is 207 g/mol. The van der Waals surface area contributed by atoms with Gasteiger partial charge in [-0.05, 0) is 36.3 Å². The number of carboxylic acids is 1. The average molecular weight is 207 g/mol. The van der Waals surface area contributed by atoms with Gasteiger partial charge < -0.3 is 9.67 Å². The zero-order valence-electron chi connectivity index (χ0n) is 9.50. The van der Waals surface area contributed by atoms with Crippen LogP contribution in [0, 0.1) is 5.41 Å². The quantitative estimate of drug-likeness (QED) is 0.767. The molecule has 1 aromatic rings. The fourth-order valence-corrected chi connectivity index (χ4v) is 2.45. The van der Waals surface area contributed by atoms with Crippen LogP contribution in [0.25, 0.3) is 0 Å². The predicted octanol–water partition coefficient (Wildman–Crippen LogP) is 2.24. The highest BCUT2D eigenvalue weighted by Gasteiger charge is 2.29. The summed E-state index contributed by atoms with van der Waals surface area (Å²) in [6, 6.07) is 1.83. The molecular weight excluding hydrogens is 190 g/mol. The Morgan fingerprint density at radius 1 is 1.53 bits per heavy atom. The molecule has 1 aromatic heterocycles. The normalized spacial score (nSPS) is 18.6. The molecule has 0 spiro atoms. The zero-order valence-corrected chi connectivity index (χ0v) is 9.50. The molecule has 0 radical (unpaired) electrons. The zero-order chi connectivity index (χ0) is 11.2. The summed E-state index contributed by atoms with van der Waals surface area (Å²) in [4.78, 5) is 11.0. The summed E-state index contributed by atoms with van der Waals surface area (Å²) in [6.07, 6.45) is 3.12. The lowest BCUT2D eigenvalue weighted by Crippen LogP contribution is -2.22. The largest absolute Gasteiger partial charge is 0.477 e. The van der Waals surface area contributed by atoms with Gasteiger partial charge in [-0.2, -0.15) is 0 Å². The van der Waals surface area contributed by atoms with E-state index in [1.165, 1.54) is 11.3 Å². The van der Waals surface area contributed by atoms with Crippen LogP contribution < -0.4 is 0 Å². The van der Waals surface area contributed by atoms with Crippen molar-refractivity contribution < 1.29 is 9.90 Å². The van der Waals surface area contributed by atoms with Crippen molar-refractivity contribution in [1.82, 2.24) is 4.57 Å². The third kappa shape index (κ3) is 1.66. The Kier molecular flexibility index (Phi) is 2.14. The minimum atomic E-state index is -0.829. The van der Waals surface area contributed by atoms with Crippen molar-refractivity contribution in [3.63, 3.8) is 0 Å². The number of nitrogens with zero attached hydrogens (tertiary/aromatic N) is 1. The molecule has 1 heterocycles. The second-order valence-corrected chi connectivity index (χ2v) is 5.21. The number of rotatable bonds is 1. The Labute approximate surface area is 89.7 Å². The smallest absolute Gasteiger partial charge is 0.352 e. The molecule has 3 heteroatoms. The van der Waals surface area contributed by atoms with Crippen LogP contribution in [-0.2, 0) is 19.9 Å². The van der Waals surface area contributed by atoms with E-state index in [1.807, 2.05) is 17.7 Å². The van der Waals surface area contributed by atoms with E-state index in [9.17, 15) is 4.79 Å². The van der Waals surface area contributed by atoms with Crippen molar-refractivity contribution in [2.75, 3.05) is 0 Å². The maximum absolute atomic E-state index is 11.0. The van der Waals surface area contributed by atoms with Gasteiger partial charge >= 0.3 is 5.97 Å². The molecule has 3 nitrogen and oxygen atoms in total. The van der Waals surface area contributed by atoms with Crippen LogP contribution in [0.5, 0.6) is 0 Å². The van der Waals surface area contributed by atoms with Gasteiger partial charge in [0.15, 0.2) is 0 Å². The van der Waals surface area contributed by atoms with E-state index in [1.54, 1.807) is 0 Å². The first-order chi connectivity index (χ1) is 6.91. The molecule has 82 valence electrons. The SMILES string of the molecule is Cn1c(C(=O)O)cc2c1CCC(C)(C)C2. The molecule has 0 saturated carbocycles. The summed E-state index contributed by atoms with van der Waals surface area (Å²) in [5.74, 6) is -0.829. The first-order valence-electron chi connectivity index (χ1n) is 5.31. The Morgan fingerprint density at radius 3 is 2.80 bits per heavy atom. The molecule has 0 fully saturated rings. The maximum atomic E-state index is 11.0. The number of aromatic nitrogens is 1. The predicted molar refractivity (Wildman–Crippen MR) is 58.2 cm³/mol. The van der Waals surface area contributed by atoms with Gasteiger partial charge in [-0.3, -0.25) is 0 Å². The molecule has 0 saturated heterocycles. The number of hydrogen-bond donors (Lipinski definition) is 1. The van der Waals surface area contributed by atoms with E-state index in [2.05, 4.69) is 13.8 Å². The highest BCUT2D eigenvalue weighted by Crippen LogP contribution is 2.35. The Balaban J connectivity index is 2.46. The molecule has 1 N–H and O–H groups in total. The molecular formula is C12H17NO2. The average Bonchev–Trinajstić information content (AvgIpc) is 2.41. The minimum Gasteiger partial charge on any atom is -0.477 e. The van der Waals surface area contributed by atoms with Crippen LogP contribution in [0.4, 0.5) is 0 Å². The maximum Gasteiger partial charge on any atom is 0.352 e. The van der Waals surface area contributed by atoms with E-state index >= 15 is 0 Å². The molecule has 0 aromatic carbocycles. The summed E-state index contributed by atoms with van der Waals surface area (Å²) in [5.41, 5.74) is 3.14. The lowest BCUT2D eigenvalue weighted by Gasteiger charge is -2.29. The summed E-state index contributed by atoms with van der Waals surface area (Å²) in [5, 5.41) is 9.02. The van der Waals surface area contributed by atoms with Gasteiger partial charge in [0, 0.05) is 12.7 Å². The van der Waals surface area contributed by atoms with E-state index in [0.29, 0.717) is 11.1 Å². The topological polar surface area (TPSA) is 42.2 Å². The standard InChI is InChI=1S/C12H17NO2/c1-12(2)5-4-9-8(7-12)6-10(11(14)15)13(9)3/h6H,4-5,7H2,1-3H3,(H,14,15). The molecule has 1 aliphatic carbocycles. The lowest BCUT2D eigenvalue weighted by atomic mass is 9.76. The fourth-order valence-electron chi connectivity index (χ4n) is 2.45. The van der Waals surface area contributed by atoms with Crippen LogP contribution in [0.2, 0.25) is 0 Å².